The predicted octanol–water partition coefficient (Wildman–Crippen LogP) is 2.41. The third-order valence-electron chi connectivity index (χ3n) is 4.55. The molecule has 2 rings (SSSR count). The number of benzene rings is 1. The van der Waals surface area contributed by atoms with E-state index in [0.29, 0.717) is 39.1 Å². The molecule has 2 aromatic rings. The maximum atomic E-state index is 11.7. The number of amides is 1. The zero-order valence-electron chi connectivity index (χ0n) is 21.4. The highest BCUT2D eigenvalue weighted by Crippen LogP contribution is 2.22. The number of halogens is 3. The van der Waals surface area contributed by atoms with Crippen LogP contribution < -0.4 is 20.4 Å². The van der Waals surface area contributed by atoms with Gasteiger partial charge in [0, 0.05) is 6.07 Å². The summed E-state index contributed by atoms with van der Waals surface area (Å²) in [6.45, 7) is 11.6. The van der Waals surface area contributed by atoms with Crippen LogP contribution in [0.25, 0.3) is 11.0 Å². The standard InChI is InChI=1S/C20H32N4O4.C3H3F3O2/c1-6-23-16-8-7-15(27-10-9-22-19(26)28-20(3,4)5)11-17(16)24(13-14(2)25)18(23)12-21;1-8-2(7)3(4,5)6/h7-8,11,14,25H,6,9-10,12-13,21H2,1-5H3;1H3/p+1. The number of rotatable bonds is 8. The summed E-state index contributed by atoms with van der Waals surface area (Å²) >= 11 is 0. The number of nitrogens with zero attached hydrogens (tertiary/aromatic N) is 2. The number of aliphatic hydroxyl groups excluding tert-OH is 1. The summed E-state index contributed by atoms with van der Waals surface area (Å²) in [6.07, 6.45) is -5.81. The molecule has 0 saturated carbocycles. The topological polar surface area (TPSA) is 129 Å². The van der Waals surface area contributed by atoms with E-state index in [1.54, 1.807) is 6.92 Å². The number of methoxy groups -OCH3 is 1. The number of aliphatic hydroxyl groups is 1. The van der Waals surface area contributed by atoms with Crippen LogP contribution in [0.2, 0.25) is 0 Å². The summed E-state index contributed by atoms with van der Waals surface area (Å²) < 4.78 is 51.4. The van der Waals surface area contributed by atoms with E-state index in [-0.39, 0.29) is 0 Å². The maximum Gasteiger partial charge on any atom is 0.490 e. The fourth-order valence-corrected chi connectivity index (χ4v) is 3.25. The molecule has 0 bridgehead atoms. The first-order chi connectivity index (χ1) is 16.6. The van der Waals surface area contributed by atoms with E-state index in [1.807, 2.05) is 43.5 Å². The summed E-state index contributed by atoms with van der Waals surface area (Å²) in [5.41, 5.74) is 7.44. The molecule has 1 unspecified atom stereocenters. The average molecular weight is 522 g/mol. The molecule has 0 fully saturated rings. The number of hydrogen-bond donors (Lipinski definition) is 3. The van der Waals surface area contributed by atoms with Crippen LogP contribution in [0.1, 0.15) is 40.4 Å². The van der Waals surface area contributed by atoms with Gasteiger partial charge in [-0.3, -0.25) is 0 Å². The number of carbonyl (C=O) groups is 2. The molecule has 1 heterocycles. The summed E-state index contributed by atoms with van der Waals surface area (Å²) in [7, 11) is 0.676. The Morgan fingerprint density at radius 3 is 2.33 bits per heavy atom. The Balaban J connectivity index is 0.000000697. The van der Waals surface area contributed by atoms with E-state index in [1.165, 1.54) is 0 Å². The van der Waals surface area contributed by atoms with Crippen molar-refractivity contribution in [2.24, 2.45) is 5.73 Å². The van der Waals surface area contributed by atoms with Gasteiger partial charge < -0.3 is 30.4 Å². The predicted molar refractivity (Wildman–Crippen MR) is 125 cm³/mol. The largest absolute Gasteiger partial charge is 0.492 e. The second-order valence-electron chi connectivity index (χ2n) is 8.74. The number of nitrogens with two attached hydrogens (primary N) is 1. The molecular formula is C23H36F3N4O6+. The number of aromatic nitrogens is 2. The third kappa shape index (κ3) is 9.53. The maximum absolute atomic E-state index is 11.7. The van der Waals surface area contributed by atoms with E-state index in [2.05, 4.69) is 21.5 Å². The first kappa shape index (κ1) is 31.0. The molecule has 0 radical (unpaired) electrons. The molecule has 0 saturated heterocycles. The number of hydrogen-bond acceptors (Lipinski definition) is 7. The zero-order valence-corrected chi connectivity index (χ0v) is 21.4. The second-order valence-corrected chi connectivity index (χ2v) is 8.74. The molecule has 204 valence electrons. The molecule has 1 aromatic heterocycles. The molecule has 1 aromatic carbocycles. The van der Waals surface area contributed by atoms with Gasteiger partial charge in [0.25, 0.3) is 5.82 Å². The second kappa shape index (κ2) is 13.3. The van der Waals surface area contributed by atoms with Crippen molar-refractivity contribution < 1.29 is 46.6 Å². The molecule has 0 aliphatic carbocycles. The van der Waals surface area contributed by atoms with Crippen LogP contribution in [-0.4, -0.2) is 59.9 Å². The number of fused-ring (bicyclic) bond motifs is 1. The van der Waals surface area contributed by atoms with Crippen LogP contribution in [0.15, 0.2) is 18.2 Å². The Morgan fingerprint density at radius 2 is 1.89 bits per heavy atom. The van der Waals surface area contributed by atoms with E-state index in [4.69, 9.17) is 15.2 Å². The monoisotopic (exact) mass is 521 g/mol. The van der Waals surface area contributed by atoms with Gasteiger partial charge in [0.05, 0.1) is 32.8 Å². The van der Waals surface area contributed by atoms with Gasteiger partial charge in [-0.05, 0) is 46.8 Å². The smallest absolute Gasteiger partial charge is 0.490 e. The molecular weight excluding hydrogens is 485 g/mol. The minimum atomic E-state index is -4.85. The molecule has 0 spiro atoms. The molecule has 1 amide bonds. The number of alkyl carbamates (subject to hydrolysis) is 1. The molecule has 0 aliphatic heterocycles. The summed E-state index contributed by atoms with van der Waals surface area (Å²) in [5.74, 6) is -0.519. The summed E-state index contributed by atoms with van der Waals surface area (Å²) in [6, 6.07) is 5.83. The van der Waals surface area contributed by atoms with Crippen molar-refractivity contribution in [3.05, 3.63) is 24.0 Å². The van der Waals surface area contributed by atoms with Crippen molar-refractivity contribution in [3.8, 4) is 5.75 Å². The highest BCUT2D eigenvalue weighted by atomic mass is 19.4. The fraction of sp³-hybridized carbons (Fsp3) is 0.609. The number of aryl methyl sites for hydroxylation is 1. The number of carbonyl (C=O) groups excluding carboxylic acids is 2. The van der Waals surface area contributed by atoms with Crippen molar-refractivity contribution in [2.75, 3.05) is 20.3 Å². The Labute approximate surface area is 208 Å². The van der Waals surface area contributed by atoms with E-state index < -0.39 is 29.9 Å². The fourth-order valence-electron chi connectivity index (χ4n) is 3.25. The summed E-state index contributed by atoms with van der Waals surface area (Å²) in [4.78, 5) is 21.2. The van der Waals surface area contributed by atoms with Gasteiger partial charge in [-0.25, -0.2) is 18.7 Å². The number of alkyl halides is 3. The number of ether oxygens (including phenoxy) is 3. The normalized spacial score (nSPS) is 12.4. The molecule has 10 nitrogen and oxygen atoms in total. The SMILES string of the molecule is CC[n+]1c(CN)n(CC(C)O)c2cc(OCCNC(=O)OC(C)(C)C)ccc21.COC(=O)C(F)(F)F. The van der Waals surface area contributed by atoms with Crippen LogP contribution >= 0.6 is 0 Å². The van der Waals surface area contributed by atoms with Gasteiger partial charge in [0.2, 0.25) is 0 Å². The lowest BCUT2D eigenvalue weighted by Gasteiger charge is -2.19. The van der Waals surface area contributed by atoms with Crippen LogP contribution in [-0.2, 0) is 33.9 Å². The molecule has 0 aliphatic rings. The van der Waals surface area contributed by atoms with Crippen LogP contribution in [0.5, 0.6) is 5.75 Å². The van der Waals surface area contributed by atoms with Gasteiger partial charge in [-0.2, -0.15) is 13.2 Å². The van der Waals surface area contributed by atoms with Crippen LogP contribution in [0.4, 0.5) is 18.0 Å². The lowest BCUT2D eigenvalue weighted by molar-refractivity contribution is -0.676. The highest BCUT2D eigenvalue weighted by molar-refractivity contribution is 5.75. The average Bonchev–Trinajstić information content (AvgIpc) is 3.06. The first-order valence-corrected chi connectivity index (χ1v) is 11.3. The van der Waals surface area contributed by atoms with Gasteiger partial charge >= 0.3 is 18.2 Å². The van der Waals surface area contributed by atoms with Gasteiger partial charge in [0.15, 0.2) is 11.0 Å². The Hall–Kier alpha value is -3.06. The molecule has 36 heavy (non-hydrogen) atoms. The van der Waals surface area contributed by atoms with Crippen molar-refractivity contribution in [2.45, 2.75) is 72.1 Å². The number of imidazole rings is 1. The van der Waals surface area contributed by atoms with Crippen molar-refractivity contribution >= 4 is 23.1 Å². The van der Waals surface area contributed by atoms with Crippen LogP contribution in [0.3, 0.4) is 0 Å². The Kier molecular flexibility index (Phi) is 11.4. The van der Waals surface area contributed by atoms with Gasteiger partial charge in [-0.1, -0.05) is 0 Å². The quantitative estimate of drug-likeness (QED) is 0.276. The lowest BCUT2D eigenvalue weighted by Crippen LogP contribution is -2.38. The minimum Gasteiger partial charge on any atom is -0.492 e. The molecule has 1 atom stereocenters. The Morgan fingerprint density at radius 1 is 1.25 bits per heavy atom. The number of nitrogens with one attached hydrogen (secondary N) is 1. The van der Waals surface area contributed by atoms with Crippen molar-refractivity contribution in [1.29, 1.82) is 0 Å². The highest BCUT2D eigenvalue weighted by Gasteiger charge is 2.40. The third-order valence-corrected chi connectivity index (χ3v) is 4.55. The molecule has 4 N–H and O–H groups in total. The lowest BCUT2D eigenvalue weighted by atomic mass is 10.2. The van der Waals surface area contributed by atoms with Gasteiger partial charge in [0.1, 0.15) is 24.5 Å². The first-order valence-electron chi connectivity index (χ1n) is 11.3. The van der Waals surface area contributed by atoms with Crippen molar-refractivity contribution in [3.63, 3.8) is 0 Å². The van der Waals surface area contributed by atoms with Gasteiger partial charge in [-0.15, -0.1) is 0 Å². The summed E-state index contributed by atoms with van der Waals surface area (Å²) in [5, 5.41) is 12.6. The Bertz CT molecular complexity index is 1020. The molecule has 13 heteroatoms. The van der Waals surface area contributed by atoms with Crippen LogP contribution in [0, 0.1) is 0 Å². The minimum absolute atomic E-state index is 0.319. The number of esters is 1. The van der Waals surface area contributed by atoms with E-state index in [0.717, 1.165) is 23.4 Å². The van der Waals surface area contributed by atoms with E-state index in [9.17, 15) is 27.9 Å². The van der Waals surface area contributed by atoms with E-state index >= 15 is 0 Å². The van der Waals surface area contributed by atoms with Crippen molar-refractivity contribution in [1.82, 2.24) is 9.88 Å². The zero-order chi connectivity index (χ0) is 27.7.